The van der Waals surface area contributed by atoms with Crippen molar-refractivity contribution < 1.29 is 4.74 Å². The van der Waals surface area contributed by atoms with Crippen molar-refractivity contribution >= 4 is 0 Å². The molecule has 0 radical (unpaired) electrons. The molecule has 1 unspecified atom stereocenters. The zero-order valence-electron chi connectivity index (χ0n) is 15.5. The van der Waals surface area contributed by atoms with Crippen LogP contribution in [0.1, 0.15) is 60.8 Å². The summed E-state index contributed by atoms with van der Waals surface area (Å²) in [5.74, 6) is 1.65. The molecule has 2 aromatic carbocycles. The SMILES string of the molecule is C=CCCOc1ccc2c(c1)CCC(c1ccc(CCCC)cc1)C2. The van der Waals surface area contributed by atoms with Crippen LogP contribution in [-0.2, 0) is 19.3 Å². The second-order valence-electron chi connectivity index (χ2n) is 7.14. The average Bonchev–Trinajstić information content (AvgIpc) is 2.66. The second-order valence-corrected chi connectivity index (χ2v) is 7.14. The van der Waals surface area contributed by atoms with Gasteiger partial charge in [0.25, 0.3) is 0 Å². The number of hydrogen-bond donors (Lipinski definition) is 0. The van der Waals surface area contributed by atoms with Crippen LogP contribution in [0.2, 0.25) is 0 Å². The van der Waals surface area contributed by atoms with Crippen LogP contribution in [0.15, 0.2) is 55.1 Å². The van der Waals surface area contributed by atoms with Gasteiger partial charge in [0.2, 0.25) is 0 Å². The molecule has 0 spiro atoms. The quantitative estimate of drug-likeness (QED) is 0.409. The Bertz CT molecular complexity index is 684. The van der Waals surface area contributed by atoms with Crippen molar-refractivity contribution in [3.63, 3.8) is 0 Å². The number of aryl methyl sites for hydroxylation is 2. The first-order chi connectivity index (χ1) is 12.3. The summed E-state index contributed by atoms with van der Waals surface area (Å²) >= 11 is 0. The van der Waals surface area contributed by atoms with E-state index in [0.717, 1.165) is 31.6 Å². The van der Waals surface area contributed by atoms with E-state index in [4.69, 9.17) is 4.74 Å². The summed E-state index contributed by atoms with van der Waals surface area (Å²) in [7, 11) is 0. The summed E-state index contributed by atoms with van der Waals surface area (Å²) in [5.41, 5.74) is 5.93. The predicted octanol–water partition coefficient (Wildman–Crippen LogP) is 6.26. The standard InChI is InChI=1S/C24H30O/c1-3-5-7-19-8-10-20(11-9-19)21-12-13-23-18-24(25-16-6-4-2)15-14-22(23)17-21/h4,8-11,14-15,18,21H,2-3,5-7,12-13,16-17H2,1H3. The van der Waals surface area contributed by atoms with Crippen molar-refractivity contribution in [3.8, 4) is 5.75 Å². The Morgan fingerprint density at radius 1 is 1.12 bits per heavy atom. The van der Waals surface area contributed by atoms with E-state index < -0.39 is 0 Å². The zero-order valence-corrected chi connectivity index (χ0v) is 15.5. The smallest absolute Gasteiger partial charge is 0.119 e. The second kappa shape index (κ2) is 8.89. The molecule has 0 heterocycles. The van der Waals surface area contributed by atoms with Gasteiger partial charge in [-0.15, -0.1) is 6.58 Å². The molecule has 0 amide bonds. The fraction of sp³-hybridized carbons (Fsp3) is 0.417. The van der Waals surface area contributed by atoms with Gasteiger partial charge in [-0.2, -0.15) is 0 Å². The number of rotatable bonds is 8. The van der Waals surface area contributed by atoms with Crippen molar-refractivity contribution in [1.82, 2.24) is 0 Å². The fourth-order valence-corrected chi connectivity index (χ4v) is 3.70. The summed E-state index contributed by atoms with van der Waals surface area (Å²) in [5, 5.41) is 0. The zero-order chi connectivity index (χ0) is 17.5. The molecule has 0 saturated carbocycles. The van der Waals surface area contributed by atoms with E-state index in [2.05, 4.69) is 56.0 Å². The van der Waals surface area contributed by atoms with Gasteiger partial charge < -0.3 is 4.74 Å². The lowest BCUT2D eigenvalue weighted by atomic mass is 9.80. The highest BCUT2D eigenvalue weighted by molar-refractivity contribution is 5.40. The Labute approximate surface area is 152 Å². The maximum atomic E-state index is 5.80. The van der Waals surface area contributed by atoms with Crippen LogP contribution in [0.3, 0.4) is 0 Å². The van der Waals surface area contributed by atoms with E-state index in [9.17, 15) is 0 Å². The van der Waals surface area contributed by atoms with Crippen LogP contribution < -0.4 is 4.74 Å². The van der Waals surface area contributed by atoms with Crippen molar-refractivity contribution in [1.29, 1.82) is 0 Å². The van der Waals surface area contributed by atoms with Gasteiger partial charge in [0.05, 0.1) is 6.61 Å². The summed E-state index contributed by atoms with van der Waals surface area (Å²) in [4.78, 5) is 0. The van der Waals surface area contributed by atoms with E-state index in [1.807, 2.05) is 6.08 Å². The van der Waals surface area contributed by atoms with Gasteiger partial charge in [-0.25, -0.2) is 0 Å². The maximum Gasteiger partial charge on any atom is 0.119 e. The summed E-state index contributed by atoms with van der Waals surface area (Å²) < 4.78 is 5.80. The number of fused-ring (bicyclic) bond motifs is 1. The molecule has 1 aliphatic rings. The molecular formula is C24H30O. The van der Waals surface area contributed by atoms with Crippen LogP contribution >= 0.6 is 0 Å². The molecular weight excluding hydrogens is 304 g/mol. The molecule has 3 rings (SSSR count). The maximum absolute atomic E-state index is 5.80. The first-order valence-electron chi connectivity index (χ1n) is 9.74. The monoisotopic (exact) mass is 334 g/mol. The molecule has 132 valence electrons. The molecule has 0 aromatic heterocycles. The van der Waals surface area contributed by atoms with Crippen LogP contribution in [0, 0.1) is 0 Å². The molecule has 2 aromatic rings. The lowest BCUT2D eigenvalue weighted by molar-refractivity contribution is 0.324. The fourth-order valence-electron chi connectivity index (χ4n) is 3.70. The Hall–Kier alpha value is -2.02. The van der Waals surface area contributed by atoms with E-state index >= 15 is 0 Å². The minimum atomic E-state index is 0.653. The van der Waals surface area contributed by atoms with E-state index in [1.54, 1.807) is 0 Å². The van der Waals surface area contributed by atoms with Crippen molar-refractivity contribution in [2.75, 3.05) is 6.61 Å². The van der Waals surface area contributed by atoms with E-state index in [-0.39, 0.29) is 0 Å². The van der Waals surface area contributed by atoms with Gasteiger partial charge in [-0.05, 0) is 78.8 Å². The molecule has 1 atom stereocenters. The summed E-state index contributed by atoms with van der Waals surface area (Å²) in [6.07, 6.45) is 10.1. The Kier molecular flexibility index (Phi) is 6.33. The first kappa shape index (κ1) is 17.8. The van der Waals surface area contributed by atoms with Crippen molar-refractivity contribution in [3.05, 3.63) is 77.4 Å². The van der Waals surface area contributed by atoms with Crippen molar-refractivity contribution in [2.24, 2.45) is 0 Å². The van der Waals surface area contributed by atoms with Crippen LogP contribution in [-0.4, -0.2) is 6.61 Å². The van der Waals surface area contributed by atoms with Crippen LogP contribution in [0.5, 0.6) is 5.75 Å². The van der Waals surface area contributed by atoms with E-state index in [0.29, 0.717) is 5.92 Å². The molecule has 1 aliphatic carbocycles. The third-order valence-electron chi connectivity index (χ3n) is 5.27. The molecule has 0 fully saturated rings. The number of unbranched alkanes of at least 4 members (excludes halogenated alkanes) is 1. The lowest BCUT2D eigenvalue weighted by Gasteiger charge is -2.25. The molecule has 0 aliphatic heterocycles. The van der Waals surface area contributed by atoms with Gasteiger partial charge in [0.1, 0.15) is 5.75 Å². The number of hydrogen-bond acceptors (Lipinski definition) is 1. The molecule has 0 N–H and O–H groups in total. The number of ether oxygens (including phenoxy) is 1. The van der Waals surface area contributed by atoms with Gasteiger partial charge >= 0.3 is 0 Å². The topological polar surface area (TPSA) is 9.23 Å². The minimum absolute atomic E-state index is 0.653. The highest BCUT2D eigenvalue weighted by atomic mass is 16.5. The van der Waals surface area contributed by atoms with Gasteiger partial charge in [-0.3, -0.25) is 0 Å². The van der Waals surface area contributed by atoms with Gasteiger partial charge in [-0.1, -0.05) is 49.8 Å². The molecule has 0 bridgehead atoms. The molecule has 1 nitrogen and oxygen atoms in total. The highest BCUT2D eigenvalue weighted by Gasteiger charge is 2.20. The predicted molar refractivity (Wildman–Crippen MR) is 107 cm³/mol. The molecule has 0 saturated heterocycles. The Morgan fingerprint density at radius 2 is 1.96 bits per heavy atom. The largest absolute Gasteiger partial charge is 0.493 e. The third-order valence-corrected chi connectivity index (χ3v) is 5.27. The number of benzene rings is 2. The minimum Gasteiger partial charge on any atom is -0.493 e. The van der Waals surface area contributed by atoms with Crippen molar-refractivity contribution in [2.45, 2.75) is 57.8 Å². The van der Waals surface area contributed by atoms with Crippen LogP contribution in [0.25, 0.3) is 0 Å². The Morgan fingerprint density at radius 3 is 2.72 bits per heavy atom. The average molecular weight is 335 g/mol. The molecule has 25 heavy (non-hydrogen) atoms. The Balaban J connectivity index is 1.63. The molecule has 1 heteroatoms. The summed E-state index contributed by atoms with van der Waals surface area (Å²) in [6.45, 7) is 6.71. The summed E-state index contributed by atoms with van der Waals surface area (Å²) in [6, 6.07) is 16.0. The lowest BCUT2D eigenvalue weighted by Crippen LogP contribution is -2.13. The normalized spacial score (nSPS) is 16.3. The van der Waals surface area contributed by atoms with Gasteiger partial charge in [0.15, 0.2) is 0 Å². The van der Waals surface area contributed by atoms with E-state index in [1.165, 1.54) is 47.9 Å². The van der Waals surface area contributed by atoms with Crippen LogP contribution in [0.4, 0.5) is 0 Å². The van der Waals surface area contributed by atoms with Gasteiger partial charge in [0, 0.05) is 0 Å². The third kappa shape index (κ3) is 4.75. The first-order valence-corrected chi connectivity index (χ1v) is 9.74. The highest BCUT2D eigenvalue weighted by Crippen LogP contribution is 2.34.